The molecular weight excluding hydrogens is 218 g/mol. The van der Waals surface area contributed by atoms with Crippen LogP contribution in [0.3, 0.4) is 0 Å². The van der Waals surface area contributed by atoms with Crippen LogP contribution in [0.15, 0.2) is 24.3 Å². The van der Waals surface area contributed by atoms with E-state index in [2.05, 4.69) is 50.4 Å². The van der Waals surface area contributed by atoms with Gasteiger partial charge in [0.15, 0.2) is 0 Å². The molecule has 0 aromatic heterocycles. The van der Waals surface area contributed by atoms with E-state index in [0.29, 0.717) is 12.0 Å². The van der Waals surface area contributed by atoms with Crippen molar-refractivity contribution in [1.82, 2.24) is 5.32 Å². The third kappa shape index (κ3) is 3.58. The van der Waals surface area contributed by atoms with Crippen molar-refractivity contribution >= 4 is 0 Å². The second kappa shape index (κ2) is 6.38. The summed E-state index contributed by atoms with van der Waals surface area (Å²) in [6, 6.07) is 9.58. The Morgan fingerprint density at radius 1 is 1.00 bits per heavy atom. The molecule has 0 radical (unpaired) electrons. The molecule has 2 rings (SSSR count). The van der Waals surface area contributed by atoms with Crippen LogP contribution in [0, 0.1) is 5.92 Å². The molecule has 1 aromatic carbocycles. The lowest BCUT2D eigenvalue weighted by molar-refractivity contribution is 0.452. The summed E-state index contributed by atoms with van der Waals surface area (Å²) in [6.07, 6.45) is 5.71. The van der Waals surface area contributed by atoms with Crippen molar-refractivity contribution in [2.45, 2.75) is 58.4 Å². The number of hydrogen-bond donors (Lipinski definition) is 1. The minimum atomic E-state index is 0.479. The van der Waals surface area contributed by atoms with E-state index in [1.807, 2.05) is 0 Å². The predicted octanol–water partition coefficient (Wildman–Crippen LogP) is 4.65. The van der Waals surface area contributed by atoms with Crippen molar-refractivity contribution in [3.05, 3.63) is 35.4 Å². The van der Waals surface area contributed by atoms with Crippen LogP contribution in [0.5, 0.6) is 0 Å². The fourth-order valence-electron chi connectivity index (χ4n) is 2.85. The Labute approximate surface area is 112 Å². The molecule has 0 saturated heterocycles. The zero-order chi connectivity index (χ0) is 13.0. The molecule has 0 aliphatic heterocycles. The standard InChI is InChI=1S/C17H27N/c1-13(2)16-8-10-17(11-9-16)14(3)18-12-15-6-4-5-7-15/h8-11,13-15,18H,4-7,12H2,1-3H3. The maximum atomic E-state index is 3.69. The SMILES string of the molecule is CC(C)c1ccc(C(C)NCC2CCCC2)cc1. The zero-order valence-electron chi connectivity index (χ0n) is 12.1. The normalized spacial score (nSPS) is 18.4. The van der Waals surface area contributed by atoms with E-state index in [9.17, 15) is 0 Å². The second-order valence-electron chi connectivity index (χ2n) is 6.10. The van der Waals surface area contributed by atoms with E-state index >= 15 is 0 Å². The average molecular weight is 245 g/mol. The number of hydrogen-bond acceptors (Lipinski definition) is 1. The van der Waals surface area contributed by atoms with Crippen molar-refractivity contribution in [3.8, 4) is 0 Å². The van der Waals surface area contributed by atoms with Gasteiger partial charge in [-0.05, 0) is 49.3 Å². The van der Waals surface area contributed by atoms with Crippen LogP contribution in [0.2, 0.25) is 0 Å². The van der Waals surface area contributed by atoms with Crippen molar-refractivity contribution in [2.75, 3.05) is 6.54 Å². The Balaban J connectivity index is 1.85. The molecule has 0 bridgehead atoms. The van der Waals surface area contributed by atoms with Gasteiger partial charge in [-0.2, -0.15) is 0 Å². The molecule has 0 spiro atoms. The molecule has 1 N–H and O–H groups in total. The molecule has 1 heteroatoms. The lowest BCUT2D eigenvalue weighted by atomic mass is 9.99. The molecule has 0 amide bonds. The summed E-state index contributed by atoms with van der Waals surface area (Å²) < 4.78 is 0. The first-order valence-corrected chi connectivity index (χ1v) is 7.50. The van der Waals surface area contributed by atoms with Crippen LogP contribution >= 0.6 is 0 Å². The van der Waals surface area contributed by atoms with Crippen LogP contribution in [-0.4, -0.2) is 6.54 Å². The molecule has 1 aliphatic carbocycles. The van der Waals surface area contributed by atoms with Gasteiger partial charge in [-0.25, -0.2) is 0 Å². The van der Waals surface area contributed by atoms with Crippen LogP contribution in [0.1, 0.15) is 69.5 Å². The Morgan fingerprint density at radius 3 is 2.11 bits per heavy atom. The highest BCUT2D eigenvalue weighted by atomic mass is 14.9. The van der Waals surface area contributed by atoms with Gasteiger partial charge in [0.1, 0.15) is 0 Å². The summed E-state index contributed by atoms with van der Waals surface area (Å²) in [6.45, 7) is 7.96. The van der Waals surface area contributed by atoms with Gasteiger partial charge in [-0.3, -0.25) is 0 Å². The summed E-state index contributed by atoms with van der Waals surface area (Å²) in [7, 11) is 0. The molecule has 1 fully saturated rings. The summed E-state index contributed by atoms with van der Waals surface area (Å²) in [5, 5.41) is 3.69. The molecule has 1 aliphatic rings. The van der Waals surface area contributed by atoms with Crippen LogP contribution in [0.4, 0.5) is 0 Å². The van der Waals surface area contributed by atoms with Gasteiger partial charge < -0.3 is 5.32 Å². The van der Waals surface area contributed by atoms with E-state index in [4.69, 9.17) is 0 Å². The monoisotopic (exact) mass is 245 g/mol. The van der Waals surface area contributed by atoms with Gasteiger partial charge in [-0.1, -0.05) is 51.0 Å². The maximum absolute atomic E-state index is 3.69. The van der Waals surface area contributed by atoms with Crippen LogP contribution in [0.25, 0.3) is 0 Å². The summed E-state index contributed by atoms with van der Waals surface area (Å²) in [5.74, 6) is 1.54. The van der Waals surface area contributed by atoms with E-state index in [-0.39, 0.29) is 0 Å². The van der Waals surface area contributed by atoms with E-state index in [1.54, 1.807) is 0 Å². The van der Waals surface area contributed by atoms with Crippen molar-refractivity contribution in [2.24, 2.45) is 5.92 Å². The first kappa shape index (κ1) is 13.6. The van der Waals surface area contributed by atoms with E-state index in [1.165, 1.54) is 43.4 Å². The topological polar surface area (TPSA) is 12.0 Å². The summed E-state index contributed by atoms with van der Waals surface area (Å²) in [4.78, 5) is 0. The lowest BCUT2D eigenvalue weighted by Crippen LogP contribution is -2.24. The van der Waals surface area contributed by atoms with Crippen molar-refractivity contribution < 1.29 is 0 Å². The van der Waals surface area contributed by atoms with Crippen molar-refractivity contribution in [1.29, 1.82) is 0 Å². The highest BCUT2D eigenvalue weighted by Crippen LogP contribution is 2.25. The lowest BCUT2D eigenvalue weighted by Gasteiger charge is -2.18. The fraction of sp³-hybridized carbons (Fsp3) is 0.647. The van der Waals surface area contributed by atoms with Gasteiger partial charge in [0.2, 0.25) is 0 Å². The van der Waals surface area contributed by atoms with Gasteiger partial charge in [0.05, 0.1) is 0 Å². The first-order chi connectivity index (χ1) is 8.66. The molecule has 100 valence electrons. The molecule has 0 heterocycles. The highest BCUT2D eigenvalue weighted by Gasteiger charge is 2.15. The average Bonchev–Trinajstić information content (AvgIpc) is 2.89. The zero-order valence-corrected chi connectivity index (χ0v) is 12.1. The quantitative estimate of drug-likeness (QED) is 0.796. The Kier molecular flexibility index (Phi) is 4.82. The molecule has 1 saturated carbocycles. The molecule has 1 aromatic rings. The highest BCUT2D eigenvalue weighted by molar-refractivity contribution is 5.26. The third-order valence-corrected chi connectivity index (χ3v) is 4.29. The van der Waals surface area contributed by atoms with Crippen LogP contribution < -0.4 is 5.32 Å². The first-order valence-electron chi connectivity index (χ1n) is 7.50. The maximum Gasteiger partial charge on any atom is 0.0291 e. The molecule has 18 heavy (non-hydrogen) atoms. The molecule has 1 unspecified atom stereocenters. The van der Waals surface area contributed by atoms with Gasteiger partial charge in [0, 0.05) is 6.04 Å². The predicted molar refractivity (Wildman–Crippen MR) is 78.9 cm³/mol. The summed E-state index contributed by atoms with van der Waals surface area (Å²) >= 11 is 0. The largest absolute Gasteiger partial charge is 0.310 e. The summed E-state index contributed by atoms with van der Waals surface area (Å²) in [5.41, 5.74) is 2.85. The number of nitrogens with one attached hydrogen (secondary N) is 1. The molecule has 1 atom stereocenters. The number of rotatable bonds is 5. The third-order valence-electron chi connectivity index (χ3n) is 4.29. The molecular formula is C17H27N. The Bertz CT molecular complexity index is 346. The smallest absolute Gasteiger partial charge is 0.0291 e. The van der Waals surface area contributed by atoms with Gasteiger partial charge in [0.25, 0.3) is 0 Å². The Morgan fingerprint density at radius 2 is 1.56 bits per heavy atom. The molecule has 1 nitrogen and oxygen atoms in total. The van der Waals surface area contributed by atoms with E-state index < -0.39 is 0 Å². The van der Waals surface area contributed by atoms with Gasteiger partial charge >= 0.3 is 0 Å². The second-order valence-corrected chi connectivity index (χ2v) is 6.10. The minimum absolute atomic E-state index is 0.479. The van der Waals surface area contributed by atoms with E-state index in [0.717, 1.165) is 5.92 Å². The fourth-order valence-corrected chi connectivity index (χ4v) is 2.85. The van der Waals surface area contributed by atoms with Crippen LogP contribution in [-0.2, 0) is 0 Å². The minimum Gasteiger partial charge on any atom is -0.310 e. The van der Waals surface area contributed by atoms with Gasteiger partial charge in [-0.15, -0.1) is 0 Å². The van der Waals surface area contributed by atoms with Crippen molar-refractivity contribution in [3.63, 3.8) is 0 Å². The number of benzene rings is 1. The Hall–Kier alpha value is -0.820.